The largest absolute Gasteiger partial charge is 0.478 e. The smallest absolute Gasteiger partial charge is 0.335 e. The first-order chi connectivity index (χ1) is 16.3. The quantitative estimate of drug-likeness (QED) is 0.347. The van der Waals surface area contributed by atoms with Crippen LogP contribution in [0.25, 0.3) is 11.3 Å². The zero-order valence-electron chi connectivity index (χ0n) is 19.2. The number of nitrogens with zero attached hydrogens (tertiary/aromatic N) is 2. The van der Waals surface area contributed by atoms with E-state index in [-0.39, 0.29) is 11.6 Å². The Bertz CT molecular complexity index is 1220. The summed E-state index contributed by atoms with van der Waals surface area (Å²) >= 11 is 1.25. The Morgan fingerprint density at radius 2 is 1.91 bits per heavy atom. The third-order valence-corrected chi connectivity index (χ3v) is 7.52. The first-order valence-electron chi connectivity index (χ1n) is 11.4. The number of fused-ring (bicyclic) bond motifs is 1. The minimum atomic E-state index is -0.967. The highest BCUT2D eigenvalue weighted by Crippen LogP contribution is 2.77. The molecule has 1 atom stereocenters. The normalized spacial score (nSPS) is 20.9. The van der Waals surface area contributed by atoms with Gasteiger partial charge < -0.3 is 15.6 Å². The Kier molecular flexibility index (Phi) is 5.95. The van der Waals surface area contributed by atoms with Gasteiger partial charge in [0.25, 0.3) is 0 Å². The van der Waals surface area contributed by atoms with Crippen molar-refractivity contribution in [2.24, 2.45) is 17.1 Å². The topological polar surface area (TPSA) is 110 Å². The number of aryl methyl sites for hydroxylation is 2. The van der Waals surface area contributed by atoms with Crippen LogP contribution in [0.1, 0.15) is 40.7 Å². The van der Waals surface area contributed by atoms with E-state index >= 15 is 0 Å². The van der Waals surface area contributed by atoms with Crippen molar-refractivity contribution in [1.29, 1.82) is 0 Å². The highest BCUT2D eigenvalue weighted by atomic mass is 32.2. The van der Waals surface area contributed by atoms with Crippen LogP contribution in [0.3, 0.4) is 0 Å². The third kappa shape index (κ3) is 4.88. The first kappa shape index (κ1) is 22.7. The van der Waals surface area contributed by atoms with Crippen molar-refractivity contribution in [3.63, 3.8) is 0 Å². The van der Waals surface area contributed by atoms with Gasteiger partial charge in [0, 0.05) is 22.6 Å². The van der Waals surface area contributed by atoms with Gasteiger partial charge in [0.15, 0.2) is 0 Å². The Balaban J connectivity index is 1.37. The lowest BCUT2D eigenvalue weighted by Crippen LogP contribution is -2.29. The summed E-state index contributed by atoms with van der Waals surface area (Å²) in [6.07, 6.45) is 3.64. The molecule has 2 fully saturated rings. The fourth-order valence-corrected chi connectivity index (χ4v) is 5.23. The number of nitrogens with two attached hydrogens (primary N) is 1. The Morgan fingerprint density at radius 1 is 1.21 bits per heavy atom. The average Bonchev–Trinajstić information content (AvgIpc) is 3.67. The van der Waals surface area contributed by atoms with E-state index in [2.05, 4.69) is 35.7 Å². The van der Waals surface area contributed by atoms with E-state index in [4.69, 9.17) is 15.5 Å². The van der Waals surface area contributed by atoms with Crippen molar-refractivity contribution in [1.82, 2.24) is 9.97 Å². The van der Waals surface area contributed by atoms with E-state index in [0.29, 0.717) is 23.9 Å². The molecule has 1 aromatic heterocycles. The molecule has 0 saturated heterocycles. The average molecular weight is 477 g/mol. The van der Waals surface area contributed by atoms with E-state index in [1.54, 1.807) is 18.2 Å². The van der Waals surface area contributed by atoms with Gasteiger partial charge in [-0.15, -0.1) is 0 Å². The zero-order valence-corrected chi connectivity index (χ0v) is 20.1. The van der Waals surface area contributed by atoms with Crippen LogP contribution in [0, 0.1) is 25.2 Å². The minimum absolute atomic E-state index is 0.0179. The summed E-state index contributed by atoms with van der Waals surface area (Å²) < 4.78 is 9.19. The van der Waals surface area contributed by atoms with Crippen molar-refractivity contribution in [3.05, 3.63) is 65.2 Å². The molecule has 0 radical (unpaired) electrons. The number of ether oxygens (including phenoxy) is 1. The highest BCUT2D eigenvalue weighted by Gasteiger charge is 2.69. The summed E-state index contributed by atoms with van der Waals surface area (Å²) in [6.45, 7) is 4.52. The number of hydrogen-bond donors (Lipinski definition) is 3. The van der Waals surface area contributed by atoms with Crippen LogP contribution in [0.2, 0.25) is 0 Å². The molecule has 0 spiro atoms. The van der Waals surface area contributed by atoms with Gasteiger partial charge in [-0.1, -0.05) is 24.3 Å². The maximum absolute atomic E-state index is 11.3. The van der Waals surface area contributed by atoms with Gasteiger partial charge in [-0.05, 0) is 85.7 Å². The molecule has 2 saturated carbocycles. The van der Waals surface area contributed by atoms with E-state index in [1.807, 2.05) is 18.2 Å². The number of nitrogens with one attached hydrogen (secondary N) is 1. The van der Waals surface area contributed by atoms with Crippen LogP contribution in [0.15, 0.2) is 53.4 Å². The molecule has 0 aliphatic heterocycles. The van der Waals surface area contributed by atoms with Crippen LogP contribution in [0.4, 0.5) is 5.95 Å². The van der Waals surface area contributed by atoms with Gasteiger partial charge >= 0.3 is 5.97 Å². The Hall–Kier alpha value is -3.10. The van der Waals surface area contributed by atoms with Gasteiger partial charge in [0.1, 0.15) is 6.61 Å². The van der Waals surface area contributed by atoms with Crippen LogP contribution in [-0.4, -0.2) is 33.7 Å². The van der Waals surface area contributed by atoms with Gasteiger partial charge in [0.2, 0.25) is 11.8 Å². The van der Waals surface area contributed by atoms with Crippen molar-refractivity contribution in [2.45, 2.75) is 44.0 Å². The standard InChI is InChI=1S/C26H28N4O3S/c1-15-5-3-6-16(2)23(15)21-10-22(33-14-19(27)13-26-11-18(26)12-26)29-25(28-21)30-34-20-8-4-7-17(9-20)24(31)32/h3-10,18-19H,11-14,27H2,1-2H3,(H,31,32)(H,28,29,30). The second-order valence-corrected chi connectivity index (χ2v) is 10.3. The van der Waals surface area contributed by atoms with Crippen LogP contribution < -0.4 is 15.2 Å². The lowest BCUT2D eigenvalue weighted by atomic mass is 10.00. The zero-order chi connectivity index (χ0) is 23.9. The maximum atomic E-state index is 11.3. The molecular weight excluding hydrogens is 448 g/mol. The predicted octanol–water partition coefficient (Wildman–Crippen LogP) is 5.08. The number of carboxylic acid groups (broad SMARTS) is 1. The second-order valence-electron chi connectivity index (χ2n) is 9.46. The summed E-state index contributed by atoms with van der Waals surface area (Å²) in [5.41, 5.74) is 11.1. The van der Waals surface area contributed by atoms with Crippen molar-refractivity contribution < 1.29 is 14.6 Å². The van der Waals surface area contributed by atoms with Crippen molar-refractivity contribution in [3.8, 4) is 17.1 Å². The molecule has 1 unspecified atom stereocenters. The summed E-state index contributed by atoms with van der Waals surface area (Å²) in [5.74, 6) is 0.787. The van der Waals surface area contributed by atoms with E-state index in [9.17, 15) is 9.90 Å². The monoisotopic (exact) mass is 476 g/mol. The third-order valence-electron chi connectivity index (χ3n) is 6.75. The fraction of sp³-hybridized carbons (Fsp3) is 0.346. The van der Waals surface area contributed by atoms with E-state index in [0.717, 1.165) is 39.6 Å². The molecule has 34 heavy (non-hydrogen) atoms. The Labute approximate surface area is 203 Å². The molecule has 2 aliphatic carbocycles. The number of hydrogen-bond acceptors (Lipinski definition) is 7. The molecule has 1 heterocycles. The number of anilines is 1. The van der Waals surface area contributed by atoms with E-state index in [1.165, 1.54) is 24.8 Å². The molecule has 5 rings (SSSR count). The Morgan fingerprint density at radius 3 is 2.59 bits per heavy atom. The maximum Gasteiger partial charge on any atom is 0.335 e. The van der Waals surface area contributed by atoms with Gasteiger partial charge in [0.05, 0.1) is 11.3 Å². The summed E-state index contributed by atoms with van der Waals surface area (Å²) in [5, 5.41) is 9.25. The SMILES string of the molecule is Cc1cccc(C)c1-c1cc(OCC(N)CC23CC2C3)nc(NSc2cccc(C(=O)O)c2)n1. The van der Waals surface area contributed by atoms with Gasteiger partial charge in [-0.25, -0.2) is 9.78 Å². The number of aromatic carboxylic acids is 1. The van der Waals surface area contributed by atoms with E-state index < -0.39 is 5.97 Å². The van der Waals surface area contributed by atoms with Crippen LogP contribution >= 0.6 is 11.9 Å². The predicted molar refractivity (Wildman–Crippen MR) is 133 cm³/mol. The highest BCUT2D eigenvalue weighted by molar-refractivity contribution is 8.00. The molecule has 176 valence electrons. The number of rotatable bonds is 10. The summed E-state index contributed by atoms with van der Waals surface area (Å²) in [6, 6.07) is 14.7. The van der Waals surface area contributed by atoms with Gasteiger partial charge in [-0.3, -0.25) is 4.72 Å². The molecule has 0 amide bonds. The van der Waals surface area contributed by atoms with Gasteiger partial charge in [-0.2, -0.15) is 4.98 Å². The molecule has 3 aromatic rings. The second kappa shape index (κ2) is 8.92. The van der Waals surface area contributed by atoms with Crippen molar-refractivity contribution >= 4 is 23.9 Å². The van der Waals surface area contributed by atoms with Crippen LogP contribution in [-0.2, 0) is 0 Å². The fourth-order valence-electron chi connectivity index (χ4n) is 4.60. The molecule has 7 nitrogen and oxygen atoms in total. The lowest BCUT2D eigenvalue weighted by Gasteiger charge is -2.16. The minimum Gasteiger partial charge on any atom is -0.478 e. The summed E-state index contributed by atoms with van der Waals surface area (Å²) in [7, 11) is 0. The molecule has 0 bridgehead atoms. The first-order valence-corrected chi connectivity index (χ1v) is 12.2. The van der Waals surface area contributed by atoms with Crippen molar-refractivity contribution in [2.75, 3.05) is 11.3 Å². The molecule has 2 aromatic carbocycles. The molecular formula is C26H28N4O3S. The lowest BCUT2D eigenvalue weighted by molar-refractivity contribution is 0.0696. The molecule has 4 N–H and O–H groups in total. The number of benzene rings is 2. The molecule has 8 heteroatoms. The number of aromatic nitrogens is 2. The number of carboxylic acids is 1. The molecule has 2 aliphatic rings. The number of carbonyl (C=O) groups is 1. The summed E-state index contributed by atoms with van der Waals surface area (Å²) in [4.78, 5) is 21.3. The van der Waals surface area contributed by atoms with Crippen LogP contribution in [0.5, 0.6) is 5.88 Å².